The van der Waals surface area contributed by atoms with E-state index in [0.29, 0.717) is 0 Å². The topological polar surface area (TPSA) is 52.8 Å². The first-order valence-electron chi connectivity index (χ1n) is 6.65. The summed E-state index contributed by atoms with van der Waals surface area (Å²) < 4.78 is 1.02. The molecule has 20 heavy (non-hydrogen) atoms. The van der Waals surface area contributed by atoms with Crippen molar-refractivity contribution < 1.29 is 9.94 Å². The van der Waals surface area contributed by atoms with Crippen LogP contribution in [0.25, 0.3) is 22.4 Å². The Morgan fingerprint density at radius 3 is 2.45 bits per heavy atom. The zero-order valence-electron chi connectivity index (χ0n) is 11.9. The fourth-order valence-corrected chi connectivity index (χ4v) is 2.21. The van der Waals surface area contributed by atoms with Gasteiger partial charge in [-0.05, 0) is 11.0 Å². The fraction of sp³-hybridized carbons (Fsp3) is 0.250. The van der Waals surface area contributed by atoms with Gasteiger partial charge in [0, 0.05) is 16.4 Å². The summed E-state index contributed by atoms with van der Waals surface area (Å²) in [6.45, 7) is 6.59. The SMILES string of the molecule is CC(C)(C)c1ccc(-c2nc3cc[n+](O)cc3[nH]2)cc1. The monoisotopic (exact) mass is 268 g/mol. The van der Waals surface area contributed by atoms with Gasteiger partial charge in [-0.1, -0.05) is 45.0 Å². The van der Waals surface area contributed by atoms with Gasteiger partial charge in [0.25, 0.3) is 0 Å². The van der Waals surface area contributed by atoms with Gasteiger partial charge in [-0.25, -0.2) is 4.98 Å². The van der Waals surface area contributed by atoms with Crippen LogP contribution in [0.3, 0.4) is 0 Å². The highest BCUT2D eigenvalue weighted by Gasteiger charge is 2.14. The Morgan fingerprint density at radius 1 is 1.10 bits per heavy atom. The molecule has 0 saturated heterocycles. The Hall–Kier alpha value is -2.36. The van der Waals surface area contributed by atoms with Crippen LogP contribution in [-0.4, -0.2) is 15.2 Å². The molecule has 0 aliphatic rings. The van der Waals surface area contributed by atoms with Crippen LogP contribution in [0.2, 0.25) is 0 Å². The first-order chi connectivity index (χ1) is 9.43. The molecule has 4 heteroatoms. The standard InChI is InChI=1S/C16H17N3O/c1-16(2,3)12-6-4-11(5-7-12)15-17-13-8-9-19(20)10-14(13)18-15/h4-10,20H,1-3H3/p+1. The van der Waals surface area contributed by atoms with E-state index in [9.17, 15) is 5.21 Å². The van der Waals surface area contributed by atoms with Gasteiger partial charge in [0.1, 0.15) is 16.9 Å². The number of nitrogens with one attached hydrogen (secondary N) is 1. The minimum absolute atomic E-state index is 0.148. The van der Waals surface area contributed by atoms with Crippen molar-refractivity contribution in [3.05, 3.63) is 48.3 Å². The number of fused-ring (bicyclic) bond motifs is 1. The molecule has 2 N–H and O–H groups in total. The van der Waals surface area contributed by atoms with Gasteiger partial charge in [-0.3, -0.25) is 5.21 Å². The van der Waals surface area contributed by atoms with Crippen molar-refractivity contribution in [1.82, 2.24) is 9.97 Å². The largest absolute Gasteiger partial charge is 0.333 e. The van der Waals surface area contributed by atoms with Gasteiger partial charge in [0.05, 0.1) is 0 Å². The van der Waals surface area contributed by atoms with Crippen LogP contribution in [0.1, 0.15) is 26.3 Å². The van der Waals surface area contributed by atoms with E-state index < -0.39 is 0 Å². The molecule has 0 aliphatic carbocycles. The summed E-state index contributed by atoms with van der Waals surface area (Å²) in [6.07, 6.45) is 3.17. The highest BCUT2D eigenvalue weighted by Crippen LogP contribution is 2.25. The smallest absolute Gasteiger partial charge is 0.247 e. The van der Waals surface area contributed by atoms with Gasteiger partial charge in [-0.2, -0.15) is 0 Å². The summed E-state index contributed by atoms with van der Waals surface area (Å²) in [5.41, 5.74) is 4.13. The fourth-order valence-electron chi connectivity index (χ4n) is 2.21. The lowest BCUT2D eigenvalue weighted by Crippen LogP contribution is -2.27. The lowest BCUT2D eigenvalue weighted by Gasteiger charge is -2.18. The second-order valence-electron chi connectivity index (χ2n) is 6.04. The molecule has 1 aromatic carbocycles. The van der Waals surface area contributed by atoms with Crippen molar-refractivity contribution in [2.45, 2.75) is 26.2 Å². The zero-order valence-corrected chi connectivity index (χ0v) is 11.9. The van der Waals surface area contributed by atoms with Gasteiger partial charge >= 0.3 is 0 Å². The normalized spacial score (nSPS) is 11.9. The first kappa shape index (κ1) is 12.7. The Bertz CT molecular complexity index is 751. The predicted molar refractivity (Wildman–Crippen MR) is 77.6 cm³/mol. The molecule has 0 aliphatic heterocycles. The third-order valence-electron chi connectivity index (χ3n) is 3.43. The number of hydrogen-bond acceptors (Lipinski definition) is 2. The molecule has 0 atom stereocenters. The maximum atomic E-state index is 9.40. The summed E-state index contributed by atoms with van der Waals surface area (Å²) in [5, 5.41) is 9.40. The molecule has 2 aromatic heterocycles. The van der Waals surface area contributed by atoms with Crippen LogP contribution in [0.5, 0.6) is 0 Å². The maximum Gasteiger partial charge on any atom is 0.247 e. The van der Waals surface area contributed by atoms with E-state index in [2.05, 4.69) is 55.0 Å². The molecule has 3 rings (SSSR count). The van der Waals surface area contributed by atoms with E-state index >= 15 is 0 Å². The van der Waals surface area contributed by atoms with Crippen LogP contribution in [0.4, 0.5) is 0 Å². The number of benzene rings is 1. The van der Waals surface area contributed by atoms with Gasteiger partial charge in [-0.15, -0.1) is 0 Å². The van der Waals surface area contributed by atoms with E-state index in [1.54, 1.807) is 18.5 Å². The molecule has 0 spiro atoms. The van der Waals surface area contributed by atoms with E-state index in [0.717, 1.165) is 27.2 Å². The minimum atomic E-state index is 0.148. The Labute approximate surface area is 117 Å². The minimum Gasteiger partial charge on any atom is -0.333 e. The Balaban J connectivity index is 2.02. The number of rotatable bonds is 1. The summed E-state index contributed by atoms with van der Waals surface area (Å²) >= 11 is 0. The number of aromatic amines is 1. The van der Waals surface area contributed by atoms with Gasteiger partial charge in [0.15, 0.2) is 0 Å². The summed E-state index contributed by atoms with van der Waals surface area (Å²) in [7, 11) is 0. The molecule has 0 radical (unpaired) electrons. The van der Waals surface area contributed by atoms with Gasteiger partial charge in [0.2, 0.25) is 12.4 Å². The number of H-pyrrole nitrogens is 1. The number of aromatic nitrogens is 3. The van der Waals surface area contributed by atoms with Crippen molar-refractivity contribution >= 4 is 11.0 Å². The maximum absolute atomic E-state index is 9.40. The lowest BCUT2D eigenvalue weighted by molar-refractivity contribution is -0.904. The van der Waals surface area contributed by atoms with Crippen LogP contribution >= 0.6 is 0 Å². The van der Waals surface area contributed by atoms with Crippen molar-refractivity contribution in [3.63, 3.8) is 0 Å². The molecule has 0 saturated carbocycles. The van der Waals surface area contributed by atoms with Crippen LogP contribution < -0.4 is 4.73 Å². The molecular formula is C16H18N3O+. The van der Waals surface area contributed by atoms with Crippen LogP contribution in [0, 0.1) is 0 Å². The number of hydrogen-bond donors (Lipinski definition) is 2. The van der Waals surface area contributed by atoms with Crippen molar-refractivity contribution in [2.24, 2.45) is 0 Å². The van der Waals surface area contributed by atoms with Crippen LogP contribution in [-0.2, 0) is 5.41 Å². The highest BCUT2D eigenvalue weighted by atomic mass is 16.5. The second-order valence-corrected chi connectivity index (χ2v) is 6.04. The molecule has 102 valence electrons. The Kier molecular flexibility index (Phi) is 2.74. The molecule has 2 heterocycles. The highest BCUT2D eigenvalue weighted by molar-refractivity contribution is 5.77. The van der Waals surface area contributed by atoms with Crippen molar-refractivity contribution in [1.29, 1.82) is 0 Å². The third kappa shape index (κ3) is 2.25. The van der Waals surface area contributed by atoms with E-state index in [1.807, 2.05) is 0 Å². The molecular weight excluding hydrogens is 250 g/mol. The molecule has 0 amide bonds. The second kappa shape index (κ2) is 4.34. The van der Waals surface area contributed by atoms with E-state index in [-0.39, 0.29) is 5.41 Å². The number of nitrogens with zero attached hydrogens (tertiary/aromatic N) is 2. The van der Waals surface area contributed by atoms with Crippen molar-refractivity contribution in [2.75, 3.05) is 0 Å². The third-order valence-corrected chi connectivity index (χ3v) is 3.43. The molecule has 4 nitrogen and oxygen atoms in total. The number of imidazole rings is 1. The average molecular weight is 268 g/mol. The summed E-state index contributed by atoms with van der Waals surface area (Å²) in [6, 6.07) is 10.2. The lowest BCUT2D eigenvalue weighted by atomic mass is 9.87. The Morgan fingerprint density at radius 2 is 1.80 bits per heavy atom. The molecule has 0 fully saturated rings. The van der Waals surface area contributed by atoms with Crippen molar-refractivity contribution in [3.8, 4) is 11.4 Å². The summed E-state index contributed by atoms with van der Waals surface area (Å²) in [4.78, 5) is 7.75. The van der Waals surface area contributed by atoms with Crippen LogP contribution in [0.15, 0.2) is 42.7 Å². The van der Waals surface area contributed by atoms with E-state index in [1.165, 1.54) is 5.56 Å². The quantitative estimate of drug-likeness (QED) is 0.526. The number of pyridine rings is 1. The molecule has 0 bridgehead atoms. The zero-order chi connectivity index (χ0) is 14.3. The summed E-state index contributed by atoms with van der Waals surface area (Å²) in [5.74, 6) is 0.812. The average Bonchev–Trinajstić information content (AvgIpc) is 2.80. The predicted octanol–water partition coefficient (Wildman–Crippen LogP) is 3.05. The van der Waals surface area contributed by atoms with Gasteiger partial charge < -0.3 is 4.98 Å². The van der Waals surface area contributed by atoms with E-state index in [4.69, 9.17) is 0 Å². The molecule has 0 unspecified atom stereocenters. The molecule has 3 aromatic rings. The first-order valence-corrected chi connectivity index (χ1v) is 6.65.